The van der Waals surface area contributed by atoms with Gasteiger partial charge in [-0.25, -0.2) is 9.97 Å². The third-order valence-corrected chi connectivity index (χ3v) is 3.07. The zero-order valence-electron chi connectivity index (χ0n) is 12.5. The molecule has 0 aromatic carbocycles. The van der Waals surface area contributed by atoms with E-state index in [4.69, 9.17) is 10.2 Å². The minimum atomic E-state index is 0.115. The Bertz CT molecular complexity index is 526. The van der Waals surface area contributed by atoms with Crippen LogP contribution in [0.15, 0.2) is 36.4 Å². The van der Waals surface area contributed by atoms with E-state index in [1.807, 2.05) is 36.4 Å². The lowest BCUT2D eigenvalue weighted by atomic mass is 10.2. The zero-order chi connectivity index (χ0) is 15.6. The van der Waals surface area contributed by atoms with Crippen LogP contribution < -0.4 is 10.6 Å². The van der Waals surface area contributed by atoms with Crippen LogP contribution in [0.4, 0.5) is 0 Å². The molecule has 0 saturated carbocycles. The van der Waals surface area contributed by atoms with E-state index in [1.54, 1.807) is 0 Å². The van der Waals surface area contributed by atoms with Crippen molar-refractivity contribution in [3.63, 3.8) is 0 Å². The molecule has 22 heavy (non-hydrogen) atoms. The summed E-state index contributed by atoms with van der Waals surface area (Å²) in [6, 6.07) is 11.7. The Hall–Kier alpha value is -1.86. The normalized spacial score (nSPS) is 10.8. The van der Waals surface area contributed by atoms with Gasteiger partial charge in [0.25, 0.3) is 0 Å². The second kappa shape index (κ2) is 9.22. The van der Waals surface area contributed by atoms with Crippen LogP contribution in [0.3, 0.4) is 0 Å². The molecule has 0 fully saturated rings. The fraction of sp³-hybridized carbons (Fsp3) is 0.375. The van der Waals surface area contributed by atoms with Crippen molar-refractivity contribution in [3.8, 4) is 11.4 Å². The van der Waals surface area contributed by atoms with Crippen molar-refractivity contribution >= 4 is 0 Å². The Morgan fingerprint density at radius 1 is 0.727 bits per heavy atom. The summed E-state index contributed by atoms with van der Waals surface area (Å²) in [4.78, 5) is 9.17. The topological polar surface area (TPSA) is 90.3 Å². The number of hydrogen-bond donors (Lipinski definition) is 4. The van der Waals surface area contributed by atoms with E-state index in [1.165, 1.54) is 0 Å². The average Bonchev–Trinajstić information content (AvgIpc) is 2.56. The summed E-state index contributed by atoms with van der Waals surface area (Å²) in [5.41, 5.74) is 3.48. The van der Waals surface area contributed by atoms with Crippen LogP contribution in [-0.2, 0) is 13.1 Å². The first-order valence-electron chi connectivity index (χ1n) is 7.39. The number of pyridine rings is 2. The molecule has 0 unspecified atom stereocenters. The lowest BCUT2D eigenvalue weighted by Crippen LogP contribution is -2.18. The van der Waals surface area contributed by atoms with E-state index in [0.717, 1.165) is 22.8 Å². The Morgan fingerprint density at radius 3 is 1.59 bits per heavy atom. The molecule has 118 valence electrons. The SMILES string of the molecule is OCCNCc1cccc(-c2cccc(CNCCO)n2)n1. The van der Waals surface area contributed by atoms with E-state index in [2.05, 4.69) is 20.6 Å². The van der Waals surface area contributed by atoms with Crippen LogP contribution in [0, 0.1) is 0 Å². The molecule has 4 N–H and O–H groups in total. The quantitative estimate of drug-likeness (QED) is 0.498. The molecule has 2 aromatic heterocycles. The number of aliphatic hydroxyl groups is 2. The second-order valence-electron chi connectivity index (χ2n) is 4.83. The van der Waals surface area contributed by atoms with E-state index >= 15 is 0 Å². The van der Waals surface area contributed by atoms with Gasteiger partial charge in [-0.15, -0.1) is 0 Å². The first kappa shape index (κ1) is 16.5. The highest BCUT2D eigenvalue weighted by atomic mass is 16.3. The standard InChI is InChI=1S/C16H22N4O2/c21-9-7-17-11-13-3-1-5-15(19-13)16-6-2-4-14(20-16)12-18-8-10-22/h1-6,17-18,21-22H,7-12H2. The summed E-state index contributed by atoms with van der Waals surface area (Å²) < 4.78 is 0. The van der Waals surface area contributed by atoms with E-state index in [-0.39, 0.29) is 13.2 Å². The molecule has 0 aliphatic heterocycles. The van der Waals surface area contributed by atoms with Gasteiger partial charge < -0.3 is 20.8 Å². The maximum atomic E-state index is 8.78. The fourth-order valence-electron chi connectivity index (χ4n) is 2.03. The smallest absolute Gasteiger partial charge is 0.0890 e. The highest BCUT2D eigenvalue weighted by Crippen LogP contribution is 2.15. The van der Waals surface area contributed by atoms with Crippen molar-refractivity contribution in [3.05, 3.63) is 47.8 Å². The Balaban J connectivity index is 2.07. The van der Waals surface area contributed by atoms with E-state index < -0.39 is 0 Å². The Morgan fingerprint density at radius 2 is 1.18 bits per heavy atom. The molecule has 0 atom stereocenters. The molecular formula is C16H22N4O2. The van der Waals surface area contributed by atoms with E-state index in [0.29, 0.717) is 26.2 Å². The van der Waals surface area contributed by atoms with Gasteiger partial charge in [-0.2, -0.15) is 0 Å². The van der Waals surface area contributed by atoms with Crippen LogP contribution in [0.1, 0.15) is 11.4 Å². The molecule has 6 heteroatoms. The number of aromatic nitrogens is 2. The number of nitrogens with zero attached hydrogens (tertiary/aromatic N) is 2. The first-order valence-corrected chi connectivity index (χ1v) is 7.39. The summed E-state index contributed by atoms with van der Waals surface area (Å²) in [7, 11) is 0. The van der Waals surface area contributed by atoms with Gasteiger partial charge >= 0.3 is 0 Å². The molecule has 2 heterocycles. The highest BCUT2D eigenvalue weighted by Gasteiger charge is 2.04. The number of hydrogen-bond acceptors (Lipinski definition) is 6. The first-order chi connectivity index (χ1) is 10.8. The summed E-state index contributed by atoms with van der Waals surface area (Å²) in [6.07, 6.45) is 0. The van der Waals surface area contributed by atoms with Gasteiger partial charge in [0.05, 0.1) is 36.0 Å². The van der Waals surface area contributed by atoms with Gasteiger partial charge in [0, 0.05) is 26.2 Å². The van der Waals surface area contributed by atoms with Crippen molar-refractivity contribution in [2.75, 3.05) is 26.3 Å². The van der Waals surface area contributed by atoms with Crippen molar-refractivity contribution in [2.45, 2.75) is 13.1 Å². The molecule has 0 amide bonds. The van der Waals surface area contributed by atoms with Gasteiger partial charge in [0.2, 0.25) is 0 Å². The molecule has 0 spiro atoms. The third-order valence-electron chi connectivity index (χ3n) is 3.07. The van der Waals surface area contributed by atoms with Crippen LogP contribution in [0.5, 0.6) is 0 Å². The monoisotopic (exact) mass is 302 g/mol. The van der Waals surface area contributed by atoms with Crippen LogP contribution in [-0.4, -0.2) is 46.5 Å². The molecular weight excluding hydrogens is 280 g/mol. The lowest BCUT2D eigenvalue weighted by Gasteiger charge is -2.07. The average molecular weight is 302 g/mol. The van der Waals surface area contributed by atoms with Crippen LogP contribution in [0.25, 0.3) is 11.4 Å². The lowest BCUT2D eigenvalue weighted by molar-refractivity contribution is 0.291. The summed E-state index contributed by atoms with van der Waals surface area (Å²) in [5, 5.41) is 23.8. The van der Waals surface area contributed by atoms with Gasteiger partial charge in [-0.1, -0.05) is 12.1 Å². The molecule has 0 aliphatic carbocycles. The zero-order valence-corrected chi connectivity index (χ0v) is 12.5. The van der Waals surface area contributed by atoms with Crippen molar-refractivity contribution in [2.24, 2.45) is 0 Å². The Labute approximate surface area is 130 Å². The molecule has 0 bridgehead atoms. The molecule has 0 radical (unpaired) electrons. The van der Waals surface area contributed by atoms with Crippen LogP contribution >= 0.6 is 0 Å². The second-order valence-corrected chi connectivity index (χ2v) is 4.83. The number of aliphatic hydroxyl groups excluding tert-OH is 2. The van der Waals surface area contributed by atoms with Crippen molar-refractivity contribution in [1.82, 2.24) is 20.6 Å². The molecule has 2 rings (SSSR count). The van der Waals surface area contributed by atoms with E-state index in [9.17, 15) is 0 Å². The fourth-order valence-corrected chi connectivity index (χ4v) is 2.03. The van der Waals surface area contributed by atoms with Crippen molar-refractivity contribution in [1.29, 1.82) is 0 Å². The molecule has 0 saturated heterocycles. The summed E-state index contributed by atoms with van der Waals surface area (Å²) >= 11 is 0. The van der Waals surface area contributed by atoms with Gasteiger partial charge in [-0.3, -0.25) is 0 Å². The number of nitrogens with one attached hydrogen (secondary N) is 2. The highest BCUT2D eigenvalue weighted by molar-refractivity contribution is 5.54. The number of rotatable bonds is 9. The molecule has 0 aliphatic rings. The van der Waals surface area contributed by atoms with Crippen molar-refractivity contribution < 1.29 is 10.2 Å². The predicted molar refractivity (Wildman–Crippen MR) is 85.1 cm³/mol. The summed E-state index contributed by atoms with van der Waals surface area (Å²) in [5.74, 6) is 0. The minimum absolute atomic E-state index is 0.115. The van der Waals surface area contributed by atoms with Gasteiger partial charge in [0.1, 0.15) is 0 Å². The molecule has 2 aromatic rings. The summed E-state index contributed by atoms with van der Waals surface area (Å²) in [6.45, 7) is 2.57. The minimum Gasteiger partial charge on any atom is -0.395 e. The van der Waals surface area contributed by atoms with Gasteiger partial charge in [0.15, 0.2) is 0 Å². The largest absolute Gasteiger partial charge is 0.395 e. The predicted octanol–water partition coefficient (Wildman–Crippen LogP) is 0.307. The van der Waals surface area contributed by atoms with Gasteiger partial charge in [-0.05, 0) is 24.3 Å². The molecule has 6 nitrogen and oxygen atoms in total. The third kappa shape index (κ3) is 5.16. The van der Waals surface area contributed by atoms with Crippen LogP contribution in [0.2, 0.25) is 0 Å². The maximum Gasteiger partial charge on any atom is 0.0890 e. The maximum absolute atomic E-state index is 8.78. The Kier molecular flexibility index (Phi) is 6.92.